The maximum atomic E-state index is 11.4. The topological polar surface area (TPSA) is 170 Å². The van der Waals surface area contributed by atoms with Gasteiger partial charge in [0.15, 0.2) is 5.82 Å². The highest BCUT2D eigenvalue weighted by Gasteiger charge is 2.11. The molecule has 0 saturated heterocycles. The van der Waals surface area contributed by atoms with Gasteiger partial charge < -0.3 is 15.8 Å². The first-order valence-electron chi connectivity index (χ1n) is 8.46. The van der Waals surface area contributed by atoms with Gasteiger partial charge >= 0.3 is 0 Å². The molecule has 0 saturated carbocycles. The Bertz CT molecular complexity index is 1250. The van der Waals surface area contributed by atoms with E-state index in [1.165, 1.54) is 24.3 Å². The molecule has 152 valence electrons. The molecule has 10 nitrogen and oxygen atoms in total. The highest BCUT2D eigenvalue weighted by Crippen LogP contribution is 2.21. The van der Waals surface area contributed by atoms with Crippen molar-refractivity contribution in [2.75, 3.05) is 18.2 Å². The molecule has 0 aliphatic rings. The molecule has 0 amide bonds. The number of sulfonamides is 1. The van der Waals surface area contributed by atoms with Gasteiger partial charge in [-0.25, -0.2) is 13.6 Å². The molecule has 2 aromatic carbocycles. The summed E-state index contributed by atoms with van der Waals surface area (Å²) in [6.07, 6.45) is 1.60. The smallest absolute Gasteiger partial charge is 0.238 e. The van der Waals surface area contributed by atoms with Crippen LogP contribution in [0.2, 0.25) is 0 Å². The summed E-state index contributed by atoms with van der Waals surface area (Å²) in [6.45, 7) is 0. The van der Waals surface area contributed by atoms with Crippen molar-refractivity contribution >= 4 is 39.3 Å². The Balaban J connectivity index is 1.92. The van der Waals surface area contributed by atoms with Gasteiger partial charge in [0.2, 0.25) is 21.9 Å². The van der Waals surface area contributed by atoms with E-state index in [1.807, 2.05) is 0 Å². The first-order valence-corrected chi connectivity index (χ1v) is 10.0. The molecular formula is C19H17N7O3S. The van der Waals surface area contributed by atoms with E-state index in [0.717, 1.165) is 5.56 Å². The minimum atomic E-state index is -3.80. The number of rotatable bonds is 6. The largest absolute Gasteiger partial charge is 0.497 e. The average Bonchev–Trinajstić information content (AvgIpc) is 2.71. The highest BCUT2D eigenvalue weighted by molar-refractivity contribution is 7.89. The zero-order chi connectivity index (χ0) is 21.7. The number of benzene rings is 2. The summed E-state index contributed by atoms with van der Waals surface area (Å²) >= 11 is 0. The standard InChI is InChI=1S/C19H17N7O3S/c1-29-15-4-2-3-12(10-15)9-13(11-20)17-24-18(21)26-19(25-17)23-14-5-7-16(8-6-14)30(22,27)28/h2-10H,1H3,(H2,22,27,28)(H3,21,23,24,25,26)/b13-9+. The zero-order valence-corrected chi connectivity index (χ0v) is 16.6. The number of anilines is 3. The van der Waals surface area contributed by atoms with E-state index >= 15 is 0 Å². The van der Waals surface area contributed by atoms with Crippen LogP contribution in [0.4, 0.5) is 17.6 Å². The first kappa shape index (κ1) is 20.7. The van der Waals surface area contributed by atoms with Crippen LogP contribution in [-0.2, 0) is 10.0 Å². The second kappa shape index (κ2) is 8.56. The number of nitrogen functional groups attached to an aromatic ring is 1. The van der Waals surface area contributed by atoms with E-state index in [0.29, 0.717) is 11.4 Å². The normalized spacial score (nSPS) is 11.6. The fourth-order valence-electron chi connectivity index (χ4n) is 2.47. The Hall–Kier alpha value is -4.01. The molecule has 3 rings (SSSR count). The van der Waals surface area contributed by atoms with Crippen molar-refractivity contribution in [3.05, 3.63) is 59.9 Å². The quantitative estimate of drug-likeness (QED) is 0.501. The number of nitriles is 1. The van der Waals surface area contributed by atoms with Crippen molar-refractivity contribution in [1.29, 1.82) is 5.26 Å². The van der Waals surface area contributed by atoms with Gasteiger partial charge in [-0.2, -0.15) is 20.2 Å². The molecule has 0 radical (unpaired) electrons. The summed E-state index contributed by atoms with van der Waals surface area (Å²) < 4.78 is 27.9. The van der Waals surface area contributed by atoms with Crippen LogP contribution in [-0.4, -0.2) is 30.5 Å². The lowest BCUT2D eigenvalue weighted by Crippen LogP contribution is -2.12. The SMILES string of the molecule is COc1cccc(/C=C(\C#N)c2nc(N)nc(Nc3ccc(S(N)(=O)=O)cc3)n2)c1. The van der Waals surface area contributed by atoms with Crippen molar-refractivity contribution in [1.82, 2.24) is 15.0 Å². The van der Waals surface area contributed by atoms with E-state index < -0.39 is 10.0 Å². The Labute approximate surface area is 172 Å². The molecular weight excluding hydrogens is 406 g/mol. The predicted molar refractivity (Wildman–Crippen MR) is 112 cm³/mol. The second-order valence-electron chi connectivity index (χ2n) is 5.98. The third-order valence-corrected chi connectivity index (χ3v) is 4.79. The fourth-order valence-corrected chi connectivity index (χ4v) is 2.99. The molecule has 1 heterocycles. The van der Waals surface area contributed by atoms with Crippen molar-refractivity contribution in [3.8, 4) is 11.8 Å². The van der Waals surface area contributed by atoms with Crippen LogP contribution in [0.3, 0.4) is 0 Å². The summed E-state index contributed by atoms with van der Waals surface area (Å²) in [7, 11) is -2.25. The lowest BCUT2D eigenvalue weighted by atomic mass is 10.1. The van der Waals surface area contributed by atoms with Crippen LogP contribution in [0.5, 0.6) is 5.75 Å². The molecule has 11 heteroatoms. The van der Waals surface area contributed by atoms with Crippen molar-refractivity contribution in [2.45, 2.75) is 4.90 Å². The van der Waals surface area contributed by atoms with E-state index in [1.54, 1.807) is 37.5 Å². The Kier molecular flexibility index (Phi) is 5.91. The van der Waals surface area contributed by atoms with Gasteiger partial charge in [-0.15, -0.1) is 0 Å². The van der Waals surface area contributed by atoms with E-state index in [-0.39, 0.29) is 28.2 Å². The summed E-state index contributed by atoms with van der Waals surface area (Å²) in [5.41, 5.74) is 7.16. The molecule has 1 aromatic heterocycles. The van der Waals surface area contributed by atoms with Gasteiger partial charge in [-0.05, 0) is 48.0 Å². The molecule has 30 heavy (non-hydrogen) atoms. The molecule has 0 spiro atoms. The van der Waals surface area contributed by atoms with Crippen LogP contribution in [0.1, 0.15) is 11.4 Å². The molecule has 3 aromatic rings. The molecule has 0 aliphatic carbocycles. The molecule has 0 unspecified atom stereocenters. The summed E-state index contributed by atoms with van der Waals surface area (Å²) in [5.74, 6) is 0.723. The number of methoxy groups -OCH3 is 1. The number of ether oxygens (including phenoxy) is 1. The van der Waals surface area contributed by atoms with Crippen molar-refractivity contribution < 1.29 is 13.2 Å². The number of nitrogens with one attached hydrogen (secondary N) is 1. The predicted octanol–water partition coefficient (Wildman–Crippen LogP) is 1.92. The van der Waals surface area contributed by atoms with Gasteiger partial charge in [0.1, 0.15) is 11.8 Å². The molecule has 5 N–H and O–H groups in total. The van der Waals surface area contributed by atoms with Gasteiger partial charge in [0.25, 0.3) is 0 Å². The maximum absolute atomic E-state index is 11.4. The van der Waals surface area contributed by atoms with Crippen molar-refractivity contribution in [3.63, 3.8) is 0 Å². The molecule has 0 aliphatic heterocycles. The zero-order valence-electron chi connectivity index (χ0n) is 15.8. The van der Waals surface area contributed by atoms with Crippen LogP contribution < -0.4 is 20.9 Å². The number of hydrogen-bond acceptors (Lipinski definition) is 9. The lowest BCUT2D eigenvalue weighted by molar-refractivity contribution is 0.414. The Morgan fingerprint density at radius 2 is 1.90 bits per heavy atom. The summed E-state index contributed by atoms with van der Waals surface area (Å²) in [5, 5.41) is 17.5. The molecule has 0 fully saturated rings. The van der Waals surface area contributed by atoms with Gasteiger partial charge in [0, 0.05) is 5.69 Å². The fraction of sp³-hybridized carbons (Fsp3) is 0.0526. The molecule has 0 bridgehead atoms. The van der Waals surface area contributed by atoms with Crippen molar-refractivity contribution in [2.24, 2.45) is 5.14 Å². The Morgan fingerprint density at radius 1 is 1.17 bits per heavy atom. The van der Waals surface area contributed by atoms with E-state index in [4.69, 9.17) is 15.6 Å². The average molecular weight is 423 g/mol. The molecule has 0 atom stereocenters. The number of aromatic nitrogens is 3. The van der Waals surface area contributed by atoms with E-state index in [9.17, 15) is 13.7 Å². The minimum Gasteiger partial charge on any atom is -0.497 e. The van der Waals surface area contributed by atoms with E-state index in [2.05, 4.69) is 26.3 Å². The van der Waals surface area contributed by atoms with Crippen LogP contribution in [0, 0.1) is 11.3 Å². The van der Waals surface area contributed by atoms with Gasteiger partial charge in [0.05, 0.1) is 17.6 Å². The number of primary sulfonamides is 1. The first-order chi connectivity index (χ1) is 14.3. The second-order valence-corrected chi connectivity index (χ2v) is 7.54. The van der Waals surface area contributed by atoms with Crippen LogP contribution in [0.25, 0.3) is 11.6 Å². The number of allylic oxidation sites excluding steroid dienone is 1. The number of hydrogen-bond donors (Lipinski definition) is 3. The number of nitrogens with zero attached hydrogens (tertiary/aromatic N) is 4. The highest BCUT2D eigenvalue weighted by atomic mass is 32.2. The third kappa shape index (κ3) is 5.07. The minimum absolute atomic E-state index is 0.0307. The number of nitrogens with two attached hydrogens (primary N) is 2. The van der Waals surface area contributed by atoms with Crippen LogP contribution >= 0.6 is 0 Å². The summed E-state index contributed by atoms with van der Waals surface area (Å²) in [6, 6.07) is 14.9. The third-order valence-electron chi connectivity index (χ3n) is 3.86. The summed E-state index contributed by atoms with van der Waals surface area (Å²) in [4.78, 5) is 12.2. The lowest BCUT2D eigenvalue weighted by Gasteiger charge is -2.08. The van der Waals surface area contributed by atoms with Gasteiger partial charge in [-0.1, -0.05) is 12.1 Å². The monoisotopic (exact) mass is 423 g/mol. The maximum Gasteiger partial charge on any atom is 0.238 e. The van der Waals surface area contributed by atoms with Crippen LogP contribution in [0.15, 0.2) is 53.4 Å². The van der Waals surface area contributed by atoms with Gasteiger partial charge in [-0.3, -0.25) is 0 Å². The Morgan fingerprint density at radius 3 is 2.53 bits per heavy atom.